The Morgan fingerprint density at radius 1 is 1.25 bits per heavy atom. The van der Waals surface area contributed by atoms with Crippen LogP contribution in [0.4, 0.5) is 5.69 Å². The molecule has 3 heteroatoms. The van der Waals surface area contributed by atoms with Crippen molar-refractivity contribution in [2.24, 2.45) is 5.73 Å². The summed E-state index contributed by atoms with van der Waals surface area (Å²) in [6.45, 7) is 8.57. The summed E-state index contributed by atoms with van der Waals surface area (Å²) in [6, 6.07) is 6.86. The number of ether oxygens (including phenoxy) is 1. The second kappa shape index (κ2) is 6.98. The first kappa shape index (κ1) is 15.2. The van der Waals surface area contributed by atoms with Gasteiger partial charge in [-0.25, -0.2) is 0 Å². The van der Waals surface area contributed by atoms with Gasteiger partial charge in [-0.05, 0) is 50.3 Å². The van der Waals surface area contributed by atoms with Crippen LogP contribution in [0.15, 0.2) is 18.2 Å². The number of hydrogen-bond donors (Lipinski definition) is 1. The standard InChI is InChI=1S/C17H28N2O/c1-4-15(5-2)20-17-7-6-13(3)12-16(17)19-10-8-14(18)9-11-19/h6-7,12,14-15H,4-5,8-11,18H2,1-3H3. The largest absolute Gasteiger partial charge is 0.488 e. The van der Waals surface area contributed by atoms with E-state index in [4.69, 9.17) is 10.5 Å². The van der Waals surface area contributed by atoms with E-state index < -0.39 is 0 Å². The third kappa shape index (κ3) is 3.66. The molecule has 0 saturated carbocycles. The summed E-state index contributed by atoms with van der Waals surface area (Å²) in [4.78, 5) is 2.42. The molecule has 1 aliphatic heterocycles. The van der Waals surface area contributed by atoms with Gasteiger partial charge < -0.3 is 15.4 Å². The Morgan fingerprint density at radius 3 is 2.50 bits per heavy atom. The molecule has 3 nitrogen and oxygen atoms in total. The molecule has 1 heterocycles. The molecular formula is C17H28N2O. The summed E-state index contributed by atoms with van der Waals surface area (Å²) in [5, 5.41) is 0. The maximum absolute atomic E-state index is 6.21. The molecule has 0 aliphatic carbocycles. The lowest BCUT2D eigenvalue weighted by Crippen LogP contribution is -2.40. The molecule has 112 valence electrons. The van der Waals surface area contributed by atoms with Crippen LogP contribution in [0.2, 0.25) is 0 Å². The minimum atomic E-state index is 0.309. The zero-order valence-electron chi connectivity index (χ0n) is 13.1. The van der Waals surface area contributed by atoms with Crippen molar-refractivity contribution >= 4 is 5.69 Å². The van der Waals surface area contributed by atoms with Crippen LogP contribution in [-0.4, -0.2) is 25.2 Å². The van der Waals surface area contributed by atoms with E-state index in [9.17, 15) is 0 Å². The van der Waals surface area contributed by atoms with Crippen molar-refractivity contribution < 1.29 is 4.74 Å². The highest BCUT2D eigenvalue weighted by Gasteiger charge is 2.20. The number of benzene rings is 1. The molecule has 0 amide bonds. The molecular weight excluding hydrogens is 248 g/mol. The van der Waals surface area contributed by atoms with Crippen molar-refractivity contribution in [2.45, 2.75) is 58.6 Å². The van der Waals surface area contributed by atoms with Crippen LogP contribution in [0.25, 0.3) is 0 Å². The van der Waals surface area contributed by atoms with Crippen LogP contribution >= 0.6 is 0 Å². The van der Waals surface area contributed by atoms with Crippen LogP contribution < -0.4 is 15.4 Å². The molecule has 2 rings (SSSR count). The SMILES string of the molecule is CCC(CC)Oc1ccc(C)cc1N1CCC(N)CC1. The van der Waals surface area contributed by atoms with Crippen LogP contribution in [0.1, 0.15) is 45.1 Å². The van der Waals surface area contributed by atoms with Crippen molar-refractivity contribution in [1.29, 1.82) is 0 Å². The van der Waals surface area contributed by atoms with E-state index in [1.807, 2.05) is 0 Å². The number of anilines is 1. The van der Waals surface area contributed by atoms with Gasteiger partial charge in [-0.1, -0.05) is 19.9 Å². The van der Waals surface area contributed by atoms with Gasteiger partial charge in [-0.2, -0.15) is 0 Å². The van der Waals surface area contributed by atoms with Gasteiger partial charge >= 0.3 is 0 Å². The fourth-order valence-corrected chi connectivity index (χ4v) is 2.75. The van der Waals surface area contributed by atoms with E-state index in [1.54, 1.807) is 0 Å². The first-order chi connectivity index (χ1) is 9.63. The Balaban J connectivity index is 2.19. The smallest absolute Gasteiger partial charge is 0.143 e. The first-order valence-corrected chi connectivity index (χ1v) is 7.91. The zero-order valence-corrected chi connectivity index (χ0v) is 13.1. The molecule has 0 aromatic heterocycles. The molecule has 0 atom stereocenters. The summed E-state index contributed by atoms with van der Waals surface area (Å²) >= 11 is 0. The topological polar surface area (TPSA) is 38.5 Å². The Bertz CT molecular complexity index is 421. The Hall–Kier alpha value is -1.22. The van der Waals surface area contributed by atoms with Crippen molar-refractivity contribution in [3.8, 4) is 5.75 Å². The molecule has 1 saturated heterocycles. The molecule has 2 N–H and O–H groups in total. The highest BCUT2D eigenvalue weighted by atomic mass is 16.5. The zero-order chi connectivity index (χ0) is 14.5. The number of aryl methyl sites for hydroxylation is 1. The fourth-order valence-electron chi connectivity index (χ4n) is 2.75. The molecule has 0 unspecified atom stereocenters. The first-order valence-electron chi connectivity index (χ1n) is 7.91. The number of hydrogen-bond acceptors (Lipinski definition) is 3. The summed E-state index contributed by atoms with van der Waals surface area (Å²) in [5.41, 5.74) is 8.53. The van der Waals surface area contributed by atoms with E-state index >= 15 is 0 Å². The van der Waals surface area contributed by atoms with Crippen molar-refractivity contribution in [3.05, 3.63) is 23.8 Å². The van der Waals surface area contributed by atoms with Gasteiger partial charge in [0.2, 0.25) is 0 Å². The molecule has 1 aromatic carbocycles. The predicted octanol–water partition coefficient (Wildman–Crippen LogP) is 3.49. The second-order valence-corrected chi connectivity index (χ2v) is 5.85. The van der Waals surface area contributed by atoms with E-state index in [0.29, 0.717) is 12.1 Å². The molecule has 1 aromatic rings. The lowest BCUT2D eigenvalue weighted by Gasteiger charge is -2.34. The predicted molar refractivity (Wildman–Crippen MR) is 85.6 cm³/mol. The summed E-state index contributed by atoms with van der Waals surface area (Å²) in [5.74, 6) is 1.03. The average Bonchev–Trinajstić information content (AvgIpc) is 2.47. The lowest BCUT2D eigenvalue weighted by molar-refractivity contribution is 0.193. The molecule has 1 fully saturated rings. The van der Waals surface area contributed by atoms with E-state index in [0.717, 1.165) is 44.5 Å². The van der Waals surface area contributed by atoms with Crippen LogP contribution in [-0.2, 0) is 0 Å². The molecule has 1 aliphatic rings. The summed E-state index contributed by atoms with van der Waals surface area (Å²) in [7, 11) is 0. The van der Waals surface area contributed by atoms with Crippen molar-refractivity contribution in [1.82, 2.24) is 0 Å². The highest BCUT2D eigenvalue weighted by molar-refractivity contribution is 5.60. The molecule has 0 radical (unpaired) electrons. The molecule has 0 spiro atoms. The van der Waals surface area contributed by atoms with E-state index in [2.05, 4.69) is 43.9 Å². The van der Waals surface area contributed by atoms with E-state index in [1.165, 1.54) is 11.3 Å². The Labute approximate surface area is 123 Å². The Morgan fingerprint density at radius 2 is 1.90 bits per heavy atom. The summed E-state index contributed by atoms with van der Waals surface area (Å²) in [6.07, 6.45) is 4.55. The second-order valence-electron chi connectivity index (χ2n) is 5.85. The third-order valence-electron chi connectivity index (χ3n) is 4.20. The number of nitrogens with two attached hydrogens (primary N) is 1. The van der Waals surface area contributed by atoms with E-state index in [-0.39, 0.29) is 0 Å². The minimum absolute atomic E-state index is 0.309. The van der Waals surface area contributed by atoms with Gasteiger partial charge in [0.1, 0.15) is 5.75 Å². The third-order valence-corrected chi connectivity index (χ3v) is 4.20. The summed E-state index contributed by atoms with van der Waals surface area (Å²) < 4.78 is 6.21. The number of rotatable bonds is 5. The van der Waals surface area contributed by atoms with Crippen LogP contribution in [0, 0.1) is 6.92 Å². The van der Waals surface area contributed by atoms with Gasteiger partial charge in [0, 0.05) is 19.1 Å². The minimum Gasteiger partial charge on any atom is -0.488 e. The number of piperidine rings is 1. The number of nitrogens with zero attached hydrogens (tertiary/aromatic N) is 1. The van der Waals surface area contributed by atoms with Gasteiger partial charge in [0.05, 0.1) is 11.8 Å². The average molecular weight is 276 g/mol. The highest BCUT2D eigenvalue weighted by Crippen LogP contribution is 2.32. The van der Waals surface area contributed by atoms with Crippen LogP contribution in [0.3, 0.4) is 0 Å². The fraction of sp³-hybridized carbons (Fsp3) is 0.647. The van der Waals surface area contributed by atoms with Gasteiger partial charge in [0.25, 0.3) is 0 Å². The molecule has 20 heavy (non-hydrogen) atoms. The quantitative estimate of drug-likeness (QED) is 0.894. The normalized spacial score (nSPS) is 16.8. The van der Waals surface area contributed by atoms with Crippen molar-refractivity contribution in [3.63, 3.8) is 0 Å². The van der Waals surface area contributed by atoms with Gasteiger partial charge in [-0.3, -0.25) is 0 Å². The van der Waals surface area contributed by atoms with Crippen LogP contribution in [0.5, 0.6) is 5.75 Å². The Kier molecular flexibility index (Phi) is 5.30. The maximum atomic E-state index is 6.21. The van der Waals surface area contributed by atoms with Gasteiger partial charge in [0.15, 0.2) is 0 Å². The van der Waals surface area contributed by atoms with Gasteiger partial charge in [-0.15, -0.1) is 0 Å². The van der Waals surface area contributed by atoms with Crippen molar-refractivity contribution in [2.75, 3.05) is 18.0 Å². The molecule has 0 bridgehead atoms. The lowest BCUT2D eigenvalue weighted by atomic mass is 10.0. The monoisotopic (exact) mass is 276 g/mol. The maximum Gasteiger partial charge on any atom is 0.143 e.